The predicted molar refractivity (Wildman–Crippen MR) is 533 cm³/mol. The summed E-state index contributed by atoms with van der Waals surface area (Å²) < 4.78 is 34.4. The minimum absolute atomic E-state index is 0. The van der Waals surface area contributed by atoms with Crippen molar-refractivity contribution in [3.8, 4) is 6.07 Å². The number of nitrogens with zero attached hydrogens (tertiary/aromatic N) is 9. The molecule has 1 saturated heterocycles. The first-order valence-corrected chi connectivity index (χ1v) is 44.3. The molecule has 0 bridgehead atoms. The maximum absolute atomic E-state index is 15.0. The van der Waals surface area contributed by atoms with Crippen LogP contribution in [0.25, 0.3) is 125 Å². The smallest absolute Gasteiger partial charge is 1.00 e. The fourth-order valence-corrected chi connectivity index (χ4v) is 18.7. The largest absolute Gasteiger partial charge is 1.00 e. The van der Waals surface area contributed by atoms with Gasteiger partial charge >= 0.3 is 66.2 Å². The van der Waals surface area contributed by atoms with E-state index in [1.807, 2.05) is 253 Å². The number of para-hydroxylation sites is 6. The molecule has 632 valence electrons. The van der Waals surface area contributed by atoms with E-state index in [0.717, 1.165) is 102 Å². The average molecular weight is 1880 g/mol. The standard InChI is InChI=1S/C27H19N2OP.2C15H10N2.C13H16BNO2.2C13H10N2.C6H6IN.C2H3ClO.CH2O3.2Na.H/c30-31(20-11-3-1-4-12-20,21-13-5-2-6-14-21)26-19-28-27-24-17-8-7-15-22(24)23-16-9-10-18-25(23)29(26)27;2*1-2-7-13-11(5-1)12-6-3-4-8-14(12)17-10-9-16-15(13)17;1-12(2)13(3,4)17-14(16-12)11-8-6-5-7-10(11)9-15;2*14-13-11-7-2-1-5-9(11)10-6-3-4-8-12(10)15-13;7-5-3-1-2-4-6(5)8;3-1-2-4;2-1-4-3;;;/h1-19H;2*1-10H;5-8H,1-4H3;2*1-8H,(H2,14,15);1-4H,8H2;2H,1H2;1,3H;;;/q;;;;;;;;;2*+1;-1/p-1. The Morgan fingerprint density at radius 2 is 0.769 bits per heavy atom. The van der Waals surface area contributed by atoms with Crippen LogP contribution in [0.4, 0.5) is 17.3 Å². The molecule has 1 aliphatic heterocycles. The number of aldehydes is 1. The van der Waals surface area contributed by atoms with Gasteiger partial charge in [-0.1, -0.05) is 303 Å². The molecule has 23 rings (SSSR count). The molecule has 0 amide bonds. The second-order valence-corrected chi connectivity index (χ2v) is 34.6. The molecule has 25 heteroatoms. The average Bonchev–Trinajstić information content (AvgIpc) is 1.67. The SMILES string of the molecule is CC1(C)OB(c2ccccc2C#N)OC1(C)C.Nc1ccccc1I.Nc1nc2ccccc2c2ccccc12.Nc1nc2ccccc2c2ccccc12.O=CCCl.O=CO[O-].O=P(c1ccccc1)(c1ccccc1)c1cnc2c3ccccc3c3ccccc3n12.[H-].[Na+].[Na+].c1ccc2c(c1)c1ccccc1n1ccnc21.c1ccc2c(c1)c1ccccc1n1ccnc21. The maximum Gasteiger partial charge on any atom is 1.00 e. The number of fused-ring (bicyclic) bond motifs is 24. The van der Waals surface area contributed by atoms with Gasteiger partial charge in [-0.3, -0.25) is 18.0 Å². The van der Waals surface area contributed by atoms with Gasteiger partial charge in [0.25, 0.3) is 6.47 Å². The molecule has 0 spiro atoms. The van der Waals surface area contributed by atoms with Gasteiger partial charge in [0.15, 0.2) is 7.14 Å². The molecule has 14 aromatic carbocycles. The monoisotopic (exact) mass is 1880 g/mol. The van der Waals surface area contributed by atoms with Crippen molar-refractivity contribution in [2.45, 2.75) is 38.9 Å². The molecular formula is C105H86BClIN12Na2O7P. The Bertz CT molecular complexity index is 7390. The first kappa shape index (κ1) is 94.9. The van der Waals surface area contributed by atoms with E-state index >= 15 is 4.57 Å². The Morgan fingerprint density at radius 1 is 0.446 bits per heavy atom. The molecule has 130 heavy (non-hydrogen) atoms. The summed E-state index contributed by atoms with van der Waals surface area (Å²) in [6.07, 6.45) is 10.2. The van der Waals surface area contributed by atoms with E-state index in [9.17, 15) is 0 Å². The maximum atomic E-state index is 15.0. The van der Waals surface area contributed by atoms with Crippen LogP contribution in [0.15, 0.2) is 383 Å². The number of aromatic nitrogens is 8. The number of pyridine rings is 5. The second-order valence-electron chi connectivity index (χ2n) is 30.4. The van der Waals surface area contributed by atoms with E-state index in [1.54, 1.807) is 12.3 Å². The summed E-state index contributed by atoms with van der Waals surface area (Å²) in [4.78, 5) is 42.8. The van der Waals surface area contributed by atoms with E-state index in [1.165, 1.54) is 54.1 Å². The second kappa shape index (κ2) is 43.6. The van der Waals surface area contributed by atoms with Gasteiger partial charge in [0, 0.05) is 104 Å². The first-order valence-electron chi connectivity index (χ1n) is 41.0. The summed E-state index contributed by atoms with van der Waals surface area (Å²) in [6, 6.07) is 119. The van der Waals surface area contributed by atoms with Gasteiger partial charge in [-0.2, -0.15) is 5.26 Å². The Hall–Kier alpha value is -12.7. The normalized spacial score (nSPS) is 12.1. The molecule has 9 heterocycles. The van der Waals surface area contributed by atoms with Crippen LogP contribution in [0.1, 0.15) is 34.7 Å². The van der Waals surface area contributed by atoms with E-state index in [2.05, 4.69) is 212 Å². The molecule has 0 unspecified atom stereocenters. The Labute approximate surface area is 815 Å². The van der Waals surface area contributed by atoms with Gasteiger partial charge in [-0.05, 0) is 126 Å². The number of hydrogen-bond acceptors (Lipinski definition) is 16. The molecule has 0 atom stereocenters. The van der Waals surface area contributed by atoms with Crippen molar-refractivity contribution in [2.75, 3.05) is 23.1 Å². The fourth-order valence-electron chi connectivity index (χ4n) is 15.6. The molecule has 0 saturated carbocycles. The van der Waals surface area contributed by atoms with Crippen molar-refractivity contribution < 1.29 is 94.1 Å². The molecule has 8 aromatic heterocycles. The van der Waals surface area contributed by atoms with Gasteiger partial charge in [0.1, 0.15) is 40.3 Å². The molecule has 0 radical (unpaired) electrons. The van der Waals surface area contributed by atoms with Gasteiger partial charge in [-0.15, -0.1) is 11.6 Å². The molecule has 1 fully saturated rings. The molecule has 6 N–H and O–H groups in total. The number of nitrogen functional groups attached to an aromatic ring is 3. The van der Waals surface area contributed by atoms with Crippen LogP contribution < -0.4 is 103 Å². The van der Waals surface area contributed by atoms with Crippen molar-refractivity contribution in [3.63, 3.8) is 0 Å². The van der Waals surface area contributed by atoms with Gasteiger partial charge in [-0.25, -0.2) is 24.9 Å². The molecule has 0 aliphatic carbocycles. The molecule has 1 aliphatic rings. The van der Waals surface area contributed by atoms with Crippen LogP contribution in [0.3, 0.4) is 0 Å². The van der Waals surface area contributed by atoms with Crippen molar-refractivity contribution in [1.29, 1.82) is 5.26 Å². The molecule has 19 nitrogen and oxygen atoms in total. The predicted octanol–water partition coefficient (Wildman–Crippen LogP) is 15.2. The number of alkyl halides is 1. The van der Waals surface area contributed by atoms with Gasteiger partial charge in [0.2, 0.25) is 0 Å². The van der Waals surface area contributed by atoms with Crippen molar-refractivity contribution in [1.82, 2.24) is 38.1 Å². The number of carbonyl (C=O) groups excluding carboxylic acids is 2. The molecular weight excluding hydrogens is 1790 g/mol. The summed E-state index contributed by atoms with van der Waals surface area (Å²) in [6.45, 7) is 7.83. The number of carbonyl (C=O) groups is 2. The number of nitriles is 1. The Kier molecular flexibility index (Phi) is 31.8. The summed E-state index contributed by atoms with van der Waals surface area (Å²) in [7, 11) is -3.62. The summed E-state index contributed by atoms with van der Waals surface area (Å²) in [5, 5.41) is 36.6. The van der Waals surface area contributed by atoms with Crippen LogP contribution in [-0.2, 0) is 28.4 Å². The van der Waals surface area contributed by atoms with Crippen LogP contribution in [-0.4, -0.2) is 75.1 Å². The van der Waals surface area contributed by atoms with Crippen LogP contribution in [0.2, 0.25) is 0 Å². The number of halogens is 2. The third-order valence-corrected chi connectivity index (χ3v) is 26.4. The summed E-state index contributed by atoms with van der Waals surface area (Å²) in [5.74, 6) is 1.31. The first-order chi connectivity index (χ1) is 62.4. The third kappa shape index (κ3) is 20.2. The van der Waals surface area contributed by atoms with Crippen molar-refractivity contribution >= 4 is 225 Å². The fraction of sp³-hybridized carbons (Fsp3) is 0.0667. The Morgan fingerprint density at radius 3 is 1.16 bits per heavy atom. The topological polar surface area (TPSA) is 281 Å². The summed E-state index contributed by atoms with van der Waals surface area (Å²) in [5.41, 5.74) is 27.8. The molecule has 22 aromatic rings. The third-order valence-electron chi connectivity index (χ3n) is 22.3. The van der Waals surface area contributed by atoms with Crippen molar-refractivity contribution in [2.24, 2.45) is 0 Å². The Balaban J connectivity index is 0.000000139. The minimum Gasteiger partial charge on any atom is -1.00 e. The van der Waals surface area contributed by atoms with Gasteiger partial charge in [0.05, 0.1) is 62.5 Å². The minimum atomic E-state index is -3.16. The van der Waals surface area contributed by atoms with E-state index in [-0.39, 0.29) is 84.1 Å². The number of rotatable bonds is 6. The van der Waals surface area contributed by atoms with Crippen LogP contribution in [0, 0.1) is 14.9 Å². The quantitative estimate of drug-likeness (QED) is 0.0160. The van der Waals surface area contributed by atoms with Crippen LogP contribution in [0.5, 0.6) is 0 Å². The van der Waals surface area contributed by atoms with Crippen LogP contribution >= 0.6 is 41.3 Å². The zero-order valence-corrected chi connectivity index (χ0v) is 79.9. The number of benzene rings is 14. The number of nitrogens with two attached hydrogens (primary N) is 3. The van der Waals surface area contributed by atoms with Gasteiger partial charge < -0.3 is 47.4 Å². The number of imidazole rings is 3. The zero-order valence-electron chi connectivity index (χ0n) is 73.1. The summed E-state index contributed by atoms with van der Waals surface area (Å²) >= 11 is 7.02. The number of anilines is 3. The zero-order chi connectivity index (χ0) is 89.3. The van der Waals surface area contributed by atoms with Crippen molar-refractivity contribution in [3.05, 3.63) is 392 Å². The van der Waals surface area contributed by atoms with E-state index in [4.69, 9.17) is 63.2 Å². The van der Waals surface area contributed by atoms with E-state index < -0.39 is 14.3 Å². The van der Waals surface area contributed by atoms with E-state index in [0.29, 0.717) is 23.5 Å². The number of hydrogen-bond donors (Lipinski definition) is 3.